The van der Waals surface area contributed by atoms with Gasteiger partial charge in [-0.1, -0.05) is 35.7 Å². The van der Waals surface area contributed by atoms with Crippen LogP contribution in [0.3, 0.4) is 0 Å². The number of rotatable bonds is 6. The quantitative estimate of drug-likeness (QED) is 0.171. The summed E-state index contributed by atoms with van der Waals surface area (Å²) >= 11 is 4.52. The molecule has 1 heterocycles. The lowest BCUT2D eigenvalue weighted by Gasteiger charge is -2.02. The fraction of sp³-hybridized carbons (Fsp3) is 0.105. The smallest absolute Gasteiger partial charge is 0.340 e. The van der Waals surface area contributed by atoms with Gasteiger partial charge in [-0.15, -0.1) is 10.2 Å². The standard InChI is InChI=1S/C19H12BrN3O5S/c20-16-6-2-1-5-15(16)18(24)27-11-3-4-12-29-19-22-21-17(28-19)13-7-9-14(10-8-13)23(25)26/h1-2,5-10H,11-12H2. The number of carbonyl (C=O) groups excluding carboxylic acids is 1. The third-order valence-electron chi connectivity index (χ3n) is 3.49. The lowest BCUT2D eigenvalue weighted by molar-refractivity contribution is -0.384. The molecule has 10 heteroatoms. The van der Waals surface area contributed by atoms with Crippen LogP contribution in [0.15, 0.2) is 62.6 Å². The molecule has 0 bridgehead atoms. The largest absolute Gasteiger partial charge is 0.449 e. The molecule has 0 spiro atoms. The molecule has 0 atom stereocenters. The van der Waals surface area contributed by atoms with E-state index < -0.39 is 10.9 Å². The lowest BCUT2D eigenvalue weighted by Crippen LogP contribution is -2.06. The maximum atomic E-state index is 11.9. The first kappa shape index (κ1) is 20.6. The maximum absolute atomic E-state index is 11.9. The molecule has 0 aliphatic heterocycles. The summed E-state index contributed by atoms with van der Waals surface area (Å²) in [6.45, 7) is -0.0292. The summed E-state index contributed by atoms with van der Waals surface area (Å²) in [5.41, 5.74) is 1.01. The zero-order chi connectivity index (χ0) is 20.6. The van der Waals surface area contributed by atoms with Crippen LogP contribution in [0.4, 0.5) is 5.69 Å². The van der Waals surface area contributed by atoms with Gasteiger partial charge in [-0.25, -0.2) is 4.79 Å². The first-order valence-electron chi connectivity index (χ1n) is 8.13. The fourth-order valence-corrected chi connectivity index (χ4v) is 3.10. The van der Waals surface area contributed by atoms with Gasteiger partial charge in [0.1, 0.15) is 0 Å². The number of hydrogen-bond donors (Lipinski definition) is 0. The predicted octanol–water partition coefficient (Wildman–Crippen LogP) is 4.36. The zero-order valence-corrected chi connectivity index (χ0v) is 17.1. The topological polar surface area (TPSA) is 108 Å². The van der Waals surface area contributed by atoms with E-state index in [4.69, 9.17) is 9.15 Å². The van der Waals surface area contributed by atoms with E-state index in [1.165, 1.54) is 23.9 Å². The van der Waals surface area contributed by atoms with E-state index in [9.17, 15) is 14.9 Å². The number of aromatic nitrogens is 2. The highest BCUT2D eigenvalue weighted by molar-refractivity contribution is 9.10. The number of esters is 1. The Balaban J connectivity index is 1.46. The Morgan fingerprint density at radius 3 is 2.66 bits per heavy atom. The molecule has 0 saturated carbocycles. The Kier molecular flexibility index (Phi) is 6.99. The normalized spacial score (nSPS) is 10.1. The second-order valence-corrected chi connectivity index (χ2v) is 7.16. The molecule has 8 nitrogen and oxygen atoms in total. The minimum atomic E-state index is -0.479. The number of non-ortho nitro benzene ring substituents is 1. The highest BCUT2D eigenvalue weighted by Crippen LogP contribution is 2.24. The number of nitro groups is 1. The van der Waals surface area contributed by atoms with Gasteiger partial charge in [0, 0.05) is 22.2 Å². The molecule has 146 valence electrons. The number of nitro benzene ring substituents is 1. The van der Waals surface area contributed by atoms with Crippen LogP contribution in [0.2, 0.25) is 0 Å². The Hall–Kier alpha value is -3.16. The minimum Gasteiger partial charge on any atom is -0.449 e. The summed E-state index contributed by atoms with van der Waals surface area (Å²) < 4.78 is 11.3. The Bertz CT molecular complexity index is 1090. The Labute approximate surface area is 177 Å². The number of ether oxygens (including phenoxy) is 1. The van der Waals surface area contributed by atoms with E-state index in [1.54, 1.807) is 30.3 Å². The van der Waals surface area contributed by atoms with Crippen molar-refractivity contribution in [1.82, 2.24) is 10.2 Å². The molecule has 0 amide bonds. The average molecular weight is 474 g/mol. The SMILES string of the molecule is O=C(OCC#CCSc1nnc(-c2ccc([N+](=O)[O-])cc2)o1)c1ccccc1Br. The van der Waals surface area contributed by atoms with E-state index in [-0.39, 0.29) is 18.2 Å². The van der Waals surface area contributed by atoms with Gasteiger partial charge >= 0.3 is 5.97 Å². The van der Waals surface area contributed by atoms with Crippen LogP contribution in [0, 0.1) is 22.0 Å². The summed E-state index contributed by atoms with van der Waals surface area (Å²) in [7, 11) is 0. The van der Waals surface area contributed by atoms with Gasteiger partial charge in [-0.3, -0.25) is 10.1 Å². The van der Waals surface area contributed by atoms with Gasteiger partial charge in [0.2, 0.25) is 5.89 Å². The zero-order valence-electron chi connectivity index (χ0n) is 14.7. The van der Waals surface area contributed by atoms with Gasteiger partial charge in [0.15, 0.2) is 6.61 Å². The van der Waals surface area contributed by atoms with Crippen molar-refractivity contribution in [2.24, 2.45) is 0 Å². The molecule has 0 N–H and O–H groups in total. The van der Waals surface area contributed by atoms with Gasteiger partial charge in [0.05, 0.1) is 16.2 Å². The average Bonchev–Trinajstić information content (AvgIpc) is 3.19. The molecule has 3 rings (SSSR count). The van der Waals surface area contributed by atoms with Gasteiger partial charge in [0.25, 0.3) is 10.9 Å². The predicted molar refractivity (Wildman–Crippen MR) is 109 cm³/mol. The first-order chi connectivity index (χ1) is 14.0. The number of carbonyl (C=O) groups is 1. The van der Waals surface area contributed by atoms with Gasteiger partial charge in [-0.2, -0.15) is 0 Å². The molecule has 1 aromatic heterocycles. The molecule has 3 aromatic rings. The summed E-state index contributed by atoms with van der Waals surface area (Å²) in [6, 6.07) is 12.8. The summed E-state index contributed by atoms with van der Waals surface area (Å²) in [6.07, 6.45) is 0. The highest BCUT2D eigenvalue weighted by atomic mass is 79.9. The van der Waals surface area contributed by atoms with E-state index >= 15 is 0 Å². The van der Waals surface area contributed by atoms with Crippen LogP contribution < -0.4 is 0 Å². The van der Waals surface area contributed by atoms with Crippen molar-refractivity contribution in [3.8, 4) is 23.3 Å². The molecule has 0 aliphatic rings. The highest BCUT2D eigenvalue weighted by Gasteiger charge is 2.11. The number of nitrogens with zero attached hydrogens (tertiary/aromatic N) is 3. The van der Waals surface area contributed by atoms with Crippen LogP contribution in [-0.2, 0) is 4.74 Å². The maximum Gasteiger partial charge on any atom is 0.340 e. The molecule has 0 aliphatic carbocycles. The van der Waals surface area contributed by atoms with Crippen molar-refractivity contribution in [3.63, 3.8) is 0 Å². The second kappa shape index (κ2) is 9.86. The molecule has 29 heavy (non-hydrogen) atoms. The van der Waals surface area contributed by atoms with Crippen molar-refractivity contribution in [2.75, 3.05) is 12.4 Å². The van der Waals surface area contributed by atoms with Gasteiger partial charge < -0.3 is 9.15 Å². The van der Waals surface area contributed by atoms with Crippen molar-refractivity contribution < 1.29 is 18.9 Å². The monoisotopic (exact) mass is 473 g/mol. The lowest BCUT2D eigenvalue weighted by atomic mass is 10.2. The first-order valence-corrected chi connectivity index (χ1v) is 9.91. The Morgan fingerprint density at radius 2 is 1.93 bits per heavy atom. The van der Waals surface area contributed by atoms with Gasteiger partial charge in [-0.05, 0) is 40.2 Å². The number of benzene rings is 2. The number of hydrogen-bond acceptors (Lipinski definition) is 8. The van der Waals surface area contributed by atoms with E-state index in [2.05, 4.69) is 38.0 Å². The molecule has 0 fully saturated rings. The molecular formula is C19H12BrN3O5S. The van der Waals surface area contributed by atoms with E-state index in [0.29, 0.717) is 26.6 Å². The summed E-state index contributed by atoms with van der Waals surface area (Å²) in [5, 5.41) is 18.8. The molecule has 2 aromatic carbocycles. The van der Waals surface area contributed by atoms with E-state index in [0.717, 1.165) is 0 Å². The molecule has 0 radical (unpaired) electrons. The van der Waals surface area contributed by atoms with Crippen LogP contribution >= 0.6 is 27.7 Å². The van der Waals surface area contributed by atoms with Crippen molar-refractivity contribution in [2.45, 2.75) is 5.22 Å². The summed E-state index contributed by atoms with van der Waals surface area (Å²) in [5.74, 6) is 5.77. The molecular weight excluding hydrogens is 462 g/mol. The Morgan fingerprint density at radius 1 is 1.17 bits per heavy atom. The van der Waals surface area contributed by atoms with Crippen LogP contribution in [0.1, 0.15) is 10.4 Å². The summed E-state index contributed by atoms with van der Waals surface area (Å²) in [4.78, 5) is 22.1. The minimum absolute atomic E-state index is 0.0153. The van der Waals surface area contributed by atoms with Crippen molar-refractivity contribution >= 4 is 39.3 Å². The number of thioether (sulfide) groups is 1. The second-order valence-electron chi connectivity index (χ2n) is 5.38. The molecule has 0 saturated heterocycles. The number of halogens is 1. The van der Waals surface area contributed by atoms with Crippen LogP contribution in [0.25, 0.3) is 11.5 Å². The van der Waals surface area contributed by atoms with Crippen molar-refractivity contribution in [1.29, 1.82) is 0 Å². The molecule has 0 unspecified atom stereocenters. The van der Waals surface area contributed by atoms with E-state index in [1.807, 2.05) is 6.07 Å². The third kappa shape index (κ3) is 5.66. The third-order valence-corrected chi connectivity index (χ3v) is 4.89. The fourth-order valence-electron chi connectivity index (χ4n) is 2.12. The van der Waals surface area contributed by atoms with Crippen LogP contribution in [-0.4, -0.2) is 33.4 Å². The van der Waals surface area contributed by atoms with Crippen molar-refractivity contribution in [3.05, 3.63) is 68.7 Å². The van der Waals surface area contributed by atoms with Crippen LogP contribution in [0.5, 0.6) is 0 Å².